The predicted molar refractivity (Wildman–Crippen MR) is 133 cm³/mol. The van der Waals surface area contributed by atoms with Crippen molar-refractivity contribution in [1.82, 2.24) is 0 Å². The van der Waals surface area contributed by atoms with Gasteiger partial charge in [0.25, 0.3) is 0 Å². The maximum absolute atomic E-state index is 2.19. The lowest BCUT2D eigenvalue weighted by atomic mass is 9.86. The van der Waals surface area contributed by atoms with Crippen LogP contribution in [0.1, 0.15) is 49.9 Å². The molecule has 0 amide bonds. The topological polar surface area (TPSA) is 0 Å². The first-order valence-electron chi connectivity index (χ1n) is 10.9. The van der Waals surface area contributed by atoms with Gasteiger partial charge >= 0.3 is 0 Å². The van der Waals surface area contributed by atoms with Gasteiger partial charge in [0.2, 0.25) is 0 Å². The molecule has 30 heavy (non-hydrogen) atoms. The Morgan fingerprint density at radius 3 is 0.633 bits per heavy atom. The molecule has 0 spiro atoms. The zero-order chi connectivity index (χ0) is 21.6. The highest BCUT2D eigenvalue weighted by atomic mass is 14.2. The van der Waals surface area contributed by atoms with Gasteiger partial charge < -0.3 is 0 Å². The quantitative estimate of drug-likeness (QED) is 0.304. The molecule has 0 saturated carbocycles. The van der Waals surface area contributed by atoms with Gasteiger partial charge in [-0.05, 0) is 33.4 Å². The van der Waals surface area contributed by atoms with E-state index >= 15 is 0 Å². The summed E-state index contributed by atoms with van der Waals surface area (Å²) in [7, 11) is 0. The summed E-state index contributed by atoms with van der Waals surface area (Å²) < 4.78 is 0. The van der Waals surface area contributed by atoms with Crippen LogP contribution in [0.2, 0.25) is 0 Å². The highest BCUT2D eigenvalue weighted by molar-refractivity contribution is 6.04. The fourth-order valence-electron chi connectivity index (χ4n) is 3.33. The Labute approximate surface area is 182 Å². The molecule has 0 aliphatic rings. The van der Waals surface area contributed by atoms with Gasteiger partial charge in [-0.2, -0.15) is 0 Å². The zero-order valence-corrected chi connectivity index (χ0v) is 18.5. The van der Waals surface area contributed by atoms with Gasteiger partial charge in [0.1, 0.15) is 0 Å². The van der Waals surface area contributed by atoms with Crippen LogP contribution in [0.4, 0.5) is 0 Å². The van der Waals surface area contributed by atoms with Gasteiger partial charge in [0.15, 0.2) is 0 Å². The van der Waals surface area contributed by atoms with Gasteiger partial charge in [0.05, 0.1) is 0 Å². The van der Waals surface area contributed by atoms with Crippen LogP contribution < -0.4 is 0 Å². The van der Waals surface area contributed by atoms with Crippen LogP contribution in [0.3, 0.4) is 0 Å². The largest absolute Gasteiger partial charge is 0.0683 e. The molecule has 4 aromatic carbocycles. The Morgan fingerprint density at radius 2 is 0.467 bits per heavy atom. The van der Waals surface area contributed by atoms with E-state index in [9.17, 15) is 0 Å². The summed E-state index contributed by atoms with van der Waals surface area (Å²) in [6, 6.07) is 42.6. The fourth-order valence-corrected chi connectivity index (χ4v) is 3.33. The molecule has 0 aliphatic carbocycles. The van der Waals surface area contributed by atoms with Gasteiger partial charge in [0, 0.05) is 0 Å². The molecule has 0 atom stereocenters. The first-order chi connectivity index (χ1) is 14.9. The lowest BCUT2D eigenvalue weighted by Crippen LogP contribution is -1.97. The monoisotopic (exact) mass is 392 g/mol. The minimum atomic E-state index is 1.22. The van der Waals surface area contributed by atoms with Gasteiger partial charge in [-0.25, -0.2) is 0 Å². The standard InChI is InChI=1S/C26H20.2C2H6/c1-5-13-21(14-6-1)25(22-15-7-2-8-16-22)26(23-17-9-3-10-18-23)24-19-11-4-12-20-24;2*1-2/h1-20H;2*1-2H3. The molecule has 0 saturated heterocycles. The van der Waals surface area contributed by atoms with Crippen molar-refractivity contribution in [2.75, 3.05) is 0 Å². The maximum atomic E-state index is 2.19. The summed E-state index contributed by atoms with van der Waals surface area (Å²) in [4.78, 5) is 0. The highest BCUT2D eigenvalue weighted by Gasteiger charge is 2.15. The number of hydrogen-bond donors (Lipinski definition) is 0. The van der Waals surface area contributed by atoms with Gasteiger partial charge in [-0.15, -0.1) is 0 Å². The first kappa shape index (κ1) is 22.9. The molecule has 0 heteroatoms. The molecule has 0 aromatic heterocycles. The second kappa shape index (κ2) is 13.0. The molecule has 152 valence electrons. The van der Waals surface area contributed by atoms with E-state index < -0.39 is 0 Å². The minimum absolute atomic E-state index is 1.22. The Kier molecular flexibility index (Phi) is 9.89. The second-order valence-corrected chi connectivity index (χ2v) is 6.21. The summed E-state index contributed by atoms with van der Waals surface area (Å²) in [5, 5.41) is 0. The molecule has 0 fully saturated rings. The van der Waals surface area contributed by atoms with Crippen molar-refractivity contribution < 1.29 is 0 Å². The molecule has 4 rings (SSSR count). The van der Waals surface area contributed by atoms with Crippen molar-refractivity contribution in [3.63, 3.8) is 0 Å². The second-order valence-electron chi connectivity index (χ2n) is 6.21. The molecule has 0 N–H and O–H groups in total. The van der Waals surface area contributed by atoms with E-state index in [2.05, 4.69) is 121 Å². The average molecular weight is 393 g/mol. The van der Waals surface area contributed by atoms with Crippen LogP contribution >= 0.6 is 0 Å². The third kappa shape index (κ3) is 5.81. The Morgan fingerprint density at radius 1 is 0.300 bits per heavy atom. The van der Waals surface area contributed by atoms with Crippen LogP contribution in [0.25, 0.3) is 11.1 Å². The molecular weight excluding hydrogens is 360 g/mol. The lowest BCUT2D eigenvalue weighted by molar-refractivity contribution is 1.50. The smallest absolute Gasteiger partial charge is 0.00268 e. The third-order valence-corrected chi connectivity index (χ3v) is 4.50. The molecule has 0 heterocycles. The maximum Gasteiger partial charge on any atom is -0.00268 e. The SMILES string of the molecule is CC.CC.c1ccc(C(=C(c2ccccc2)c2ccccc2)c2ccccc2)cc1. The summed E-state index contributed by atoms with van der Waals surface area (Å²) in [5.74, 6) is 0. The number of rotatable bonds is 4. The minimum Gasteiger partial charge on any atom is -0.0683 e. The first-order valence-corrected chi connectivity index (χ1v) is 10.9. The van der Waals surface area contributed by atoms with Crippen LogP contribution in [-0.4, -0.2) is 0 Å². The van der Waals surface area contributed by atoms with E-state index in [4.69, 9.17) is 0 Å². The van der Waals surface area contributed by atoms with E-state index in [1.54, 1.807) is 0 Å². The van der Waals surface area contributed by atoms with Crippen LogP contribution in [0.15, 0.2) is 121 Å². The predicted octanol–water partition coefficient (Wildman–Crippen LogP) is 8.75. The summed E-state index contributed by atoms with van der Waals surface area (Å²) in [6.07, 6.45) is 0. The van der Waals surface area contributed by atoms with Crippen molar-refractivity contribution in [2.24, 2.45) is 0 Å². The Hall–Kier alpha value is -3.38. The fraction of sp³-hybridized carbons (Fsp3) is 0.133. The number of benzene rings is 4. The lowest BCUT2D eigenvalue weighted by Gasteiger charge is -2.18. The normalized spacial score (nSPS) is 9.33. The van der Waals surface area contributed by atoms with E-state index in [0.29, 0.717) is 0 Å². The summed E-state index contributed by atoms with van der Waals surface area (Å²) in [6.45, 7) is 8.00. The zero-order valence-electron chi connectivity index (χ0n) is 18.5. The van der Waals surface area contributed by atoms with Crippen molar-refractivity contribution in [3.05, 3.63) is 144 Å². The number of hydrogen-bond acceptors (Lipinski definition) is 0. The van der Waals surface area contributed by atoms with Crippen molar-refractivity contribution in [3.8, 4) is 0 Å². The van der Waals surface area contributed by atoms with Crippen LogP contribution in [-0.2, 0) is 0 Å². The van der Waals surface area contributed by atoms with E-state index in [1.807, 2.05) is 27.7 Å². The molecule has 0 unspecified atom stereocenters. The van der Waals surface area contributed by atoms with Crippen molar-refractivity contribution in [1.29, 1.82) is 0 Å². The molecule has 0 radical (unpaired) electrons. The van der Waals surface area contributed by atoms with Gasteiger partial charge in [-0.3, -0.25) is 0 Å². The van der Waals surface area contributed by atoms with Crippen molar-refractivity contribution in [2.45, 2.75) is 27.7 Å². The molecular formula is C30H32. The van der Waals surface area contributed by atoms with E-state index in [1.165, 1.54) is 33.4 Å². The summed E-state index contributed by atoms with van der Waals surface area (Å²) in [5.41, 5.74) is 7.40. The average Bonchev–Trinajstić information content (AvgIpc) is 2.87. The molecule has 4 aromatic rings. The third-order valence-electron chi connectivity index (χ3n) is 4.50. The van der Waals surface area contributed by atoms with Crippen LogP contribution in [0, 0.1) is 0 Å². The van der Waals surface area contributed by atoms with Gasteiger partial charge in [-0.1, -0.05) is 149 Å². The molecule has 0 nitrogen and oxygen atoms in total. The highest BCUT2D eigenvalue weighted by Crippen LogP contribution is 2.36. The van der Waals surface area contributed by atoms with E-state index in [0.717, 1.165) is 0 Å². The Balaban J connectivity index is 0.000000757. The summed E-state index contributed by atoms with van der Waals surface area (Å²) >= 11 is 0. The molecule has 0 aliphatic heterocycles. The van der Waals surface area contributed by atoms with Crippen molar-refractivity contribution >= 4 is 11.1 Å². The molecule has 0 bridgehead atoms. The van der Waals surface area contributed by atoms with E-state index in [-0.39, 0.29) is 0 Å². The van der Waals surface area contributed by atoms with Crippen LogP contribution in [0.5, 0.6) is 0 Å². The Bertz CT molecular complexity index is 815.